The summed E-state index contributed by atoms with van der Waals surface area (Å²) in [6, 6.07) is 20.4. The maximum absolute atomic E-state index is 12.0. The summed E-state index contributed by atoms with van der Waals surface area (Å²) in [7, 11) is 0. The Morgan fingerprint density at radius 3 is 2.65 bits per heavy atom. The van der Waals surface area contributed by atoms with E-state index in [2.05, 4.69) is 28.8 Å². The Balaban J connectivity index is 1.44. The highest BCUT2D eigenvalue weighted by Gasteiger charge is 2.05. The van der Waals surface area contributed by atoms with Crippen molar-refractivity contribution in [3.8, 4) is 5.75 Å². The molecule has 0 bridgehead atoms. The molecule has 3 rings (SSSR count). The molecular formula is C22H24N2O2. The number of nitrogens with one attached hydrogen (secondary N) is 2. The molecule has 0 fully saturated rings. The first-order valence-corrected chi connectivity index (χ1v) is 8.82. The molecule has 0 radical (unpaired) electrons. The largest absolute Gasteiger partial charge is 0.483 e. The van der Waals surface area contributed by atoms with Gasteiger partial charge in [0.15, 0.2) is 6.61 Å². The van der Waals surface area contributed by atoms with Gasteiger partial charge in [0, 0.05) is 24.2 Å². The molecule has 0 aromatic heterocycles. The van der Waals surface area contributed by atoms with Gasteiger partial charge in [-0.15, -0.1) is 0 Å². The smallest absolute Gasteiger partial charge is 0.258 e. The van der Waals surface area contributed by atoms with E-state index in [4.69, 9.17) is 4.74 Å². The fourth-order valence-corrected chi connectivity index (χ4v) is 2.84. The van der Waals surface area contributed by atoms with Crippen molar-refractivity contribution in [1.29, 1.82) is 0 Å². The Bertz CT molecular complexity index is 900. The van der Waals surface area contributed by atoms with Gasteiger partial charge >= 0.3 is 0 Å². The average Bonchev–Trinajstić information content (AvgIpc) is 2.66. The number of hydrogen-bond acceptors (Lipinski definition) is 3. The van der Waals surface area contributed by atoms with E-state index in [1.807, 2.05) is 56.3 Å². The molecule has 0 aliphatic heterocycles. The fourth-order valence-electron chi connectivity index (χ4n) is 2.84. The van der Waals surface area contributed by atoms with Crippen molar-refractivity contribution in [1.82, 2.24) is 5.32 Å². The van der Waals surface area contributed by atoms with Crippen molar-refractivity contribution >= 4 is 22.4 Å². The number of benzene rings is 3. The van der Waals surface area contributed by atoms with E-state index in [0.717, 1.165) is 22.6 Å². The van der Waals surface area contributed by atoms with Gasteiger partial charge in [-0.3, -0.25) is 4.79 Å². The van der Waals surface area contributed by atoms with Crippen LogP contribution in [-0.4, -0.2) is 25.6 Å². The minimum atomic E-state index is -0.120. The van der Waals surface area contributed by atoms with E-state index in [1.54, 1.807) is 0 Å². The van der Waals surface area contributed by atoms with E-state index < -0.39 is 0 Å². The number of hydrogen-bond donors (Lipinski definition) is 2. The van der Waals surface area contributed by atoms with Crippen molar-refractivity contribution in [3.63, 3.8) is 0 Å². The summed E-state index contributed by atoms with van der Waals surface area (Å²) in [6.07, 6.45) is 0. The zero-order valence-corrected chi connectivity index (χ0v) is 15.2. The van der Waals surface area contributed by atoms with Crippen LogP contribution in [0.3, 0.4) is 0 Å². The van der Waals surface area contributed by atoms with E-state index in [-0.39, 0.29) is 12.5 Å². The topological polar surface area (TPSA) is 50.4 Å². The van der Waals surface area contributed by atoms with Crippen LogP contribution in [0.4, 0.5) is 5.69 Å². The van der Waals surface area contributed by atoms with Crippen molar-refractivity contribution < 1.29 is 9.53 Å². The number of carbonyl (C=O) groups excluding carboxylic acids is 1. The average molecular weight is 348 g/mol. The first kappa shape index (κ1) is 17.8. The van der Waals surface area contributed by atoms with Gasteiger partial charge in [-0.05, 0) is 42.5 Å². The summed E-state index contributed by atoms with van der Waals surface area (Å²) in [6.45, 7) is 5.20. The van der Waals surface area contributed by atoms with Crippen LogP contribution in [0.2, 0.25) is 0 Å². The van der Waals surface area contributed by atoms with Crippen LogP contribution in [-0.2, 0) is 4.79 Å². The second kappa shape index (κ2) is 8.39. The SMILES string of the molecule is Cc1ccc(C)c(OCC(=O)NCCNc2cccc3ccccc23)c1. The Labute approximate surface area is 154 Å². The lowest BCUT2D eigenvalue weighted by Crippen LogP contribution is -2.32. The Hall–Kier alpha value is -3.01. The maximum Gasteiger partial charge on any atom is 0.258 e. The van der Waals surface area contributed by atoms with Crippen molar-refractivity contribution in [2.45, 2.75) is 13.8 Å². The fraction of sp³-hybridized carbons (Fsp3) is 0.227. The summed E-state index contributed by atoms with van der Waals surface area (Å²) in [5.41, 5.74) is 3.22. The molecule has 0 saturated carbocycles. The first-order valence-electron chi connectivity index (χ1n) is 8.82. The number of carbonyl (C=O) groups is 1. The van der Waals surface area contributed by atoms with Crippen LogP contribution in [0.1, 0.15) is 11.1 Å². The molecule has 134 valence electrons. The summed E-state index contributed by atoms with van der Waals surface area (Å²) >= 11 is 0. The number of aryl methyl sites for hydroxylation is 2. The Morgan fingerprint density at radius 2 is 1.77 bits per heavy atom. The van der Waals surface area contributed by atoms with Gasteiger partial charge in [0.05, 0.1) is 0 Å². The molecule has 2 N–H and O–H groups in total. The van der Waals surface area contributed by atoms with Crippen LogP contribution in [0.15, 0.2) is 60.7 Å². The lowest BCUT2D eigenvalue weighted by Gasteiger charge is -2.12. The maximum atomic E-state index is 12.0. The molecule has 0 atom stereocenters. The normalized spacial score (nSPS) is 10.5. The van der Waals surface area contributed by atoms with Crippen molar-refractivity contribution in [2.75, 3.05) is 25.0 Å². The molecule has 4 nitrogen and oxygen atoms in total. The molecule has 0 unspecified atom stereocenters. The van der Waals surface area contributed by atoms with Crippen LogP contribution in [0.5, 0.6) is 5.75 Å². The predicted octanol–water partition coefficient (Wildman–Crippen LogP) is 4.06. The lowest BCUT2D eigenvalue weighted by atomic mass is 10.1. The highest BCUT2D eigenvalue weighted by atomic mass is 16.5. The molecule has 26 heavy (non-hydrogen) atoms. The summed E-state index contributed by atoms with van der Waals surface area (Å²) < 4.78 is 5.62. The predicted molar refractivity (Wildman–Crippen MR) is 107 cm³/mol. The molecule has 3 aromatic rings. The highest BCUT2D eigenvalue weighted by Crippen LogP contribution is 2.22. The molecule has 4 heteroatoms. The molecule has 0 heterocycles. The number of anilines is 1. The number of ether oxygens (including phenoxy) is 1. The van der Waals surface area contributed by atoms with E-state index in [1.165, 1.54) is 10.8 Å². The summed E-state index contributed by atoms with van der Waals surface area (Å²) in [5, 5.41) is 8.63. The van der Waals surface area contributed by atoms with Gasteiger partial charge in [0.2, 0.25) is 0 Å². The van der Waals surface area contributed by atoms with E-state index in [9.17, 15) is 4.79 Å². The van der Waals surface area contributed by atoms with Crippen LogP contribution < -0.4 is 15.4 Å². The standard InChI is InChI=1S/C22H24N2O2/c1-16-10-11-17(2)21(14-16)26-15-22(25)24-13-12-23-20-9-5-7-18-6-3-4-8-19(18)20/h3-11,14,23H,12-13,15H2,1-2H3,(H,24,25). The third-order valence-electron chi connectivity index (χ3n) is 4.25. The Morgan fingerprint density at radius 1 is 0.962 bits per heavy atom. The van der Waals surface area contributed by atoms with Crippen LogP contribution in [0, 0.1) is 13.8 Å². The molecule has 0 aliphatic rings. The zero-order valence-electron chi connectivity index (χ0n) is 15.2. The second-order valence-corrected chi connectivity index (χ2v) is 6.36. The van der Waals surface area contributed by atoms with Gasteiger partial charge in [0.25, 0.3) is 5.91 Å². The summed E-state index contributed by atoms with van der Waals surface area (Å²) in [5.74, 6) is 0.639. The van der Waals surface area contributed by atoms with Gasteiger partial charge in [-0.25, -0.2) is 0 Å². The molecular weight excluding hydrogens is 324 g/mol. The van der Waals surface area contributed by atoms with Gasteiger partial charge < -0.3 is 15.4 Å². The molecule has 3 aromatic carbocycles. The summed E-state index contributed by atoms with van der Waals surface area (Å²) in [4.78, 5) is 12.0. The third-order valence-corrected chi connectivity index (χ3v) is 4.25. The molecule has 0 saturated heterocycles. The minimum absolute atomic E-state index is 0.0264. The van der Waals surface area contributed by atoms with Crippen molar-refractivity contribution in [2.24, 2.45) is 0 Å². The first-order chi connectivity index (χ1) is 12.6. The van der Waals surface area contributed by atoms with Gasteiger partial charge in [0.1, 0.15) is 5.75 Å². The van der Waals surface area contributed by atoms with Gasteiger partial charge in [-0.1, -0.05) is 48.5 Å². The van der Waals surface area contributed by atoms with Crippen LogP contribution >= 0.6 is 0 Å². The highest BCUT2D eigenvalue weighted by molar-refractivity contribution is 5.93. The van der Waals surface area contributed by atoms with Gasteiger partial charge in [-0.2, -0.15) is 0 Å². The minimum Gasteiger partial charge on any atom is -0.483 e. The Kier molecular flexibility index (Phi) is 5.74. The van der Waals surface area contributed by atoms with Crippen molar-refractivity contribution in [3.05, 3.63) is 71.8 Å². The number of amides is 1. The van der Waals surface area contributed by atoms with Crippen LogP contribution in [0.25, 0.3) is 10.8 Å². The monoisotopic (exact) mass is 348 g/mol. The molecule has 1 amide bonds. The lowest BCUT2D eigenvalue weighted by molar-refractivity contribution is -0.123. The number of fused-ring (bicyclic) bond motifs is 1. The molecule has 0 spiro atoms. The zero-order chi connectivity index (χ0) is 18.4. The quantitative estimate of drug-likeness (QED) is 0.633. The number of rotatable bonds is 7. The van der Waals surface area contributed by atoms with E-state index >= 15 is 0 Å². The third kappa shape index (κ3) is 4.54. The van der Waals surface area contributed by atoms with E-state index in [0.29, 0.717) is 13.1 Å². The second-order valence-electron chi connectivity index (χ2n) is 6.36. The molecule has 0 aliphatic carbocycles.